The molecule has 0 aliphatic carbocycles. The topological polar surface area (TPSA) is 35.8 Å². The molecule has 1 aliphatic heterocycles. The molecule has 1 unspecified atom stereocenters. The van der Waals surface area contributed by atoms with Gasteiger partial charge in [-0.3, -0.25) is 0 Å². The zero-order valence-corrected chi connectivity index (χ0v) is 5.89. The molecule has 1 N–H and O–H groups in total. The van der Waals surface area contributed by atoms with E-state index in [2.05, 4.69) is 5.32 Å². The fourth-order valence-corrected chi connectivity index (χ4v) is 0.862. The Balaban J connectivity index is 2.89. The number of hydrogen-bond donors (Lipinski definition) is 1. The van der Waals surface area contributed by atoms with Crippen molar-refractivity contribution in [1.29, 1.82) is 5.26 Å². The van der Waals surface area contributed by atoms with E-state index in [4.69, 9.17) is 5.26 Å². The van der Waals surface area contributed by atoms with Crippen LogP contribution in [0.15, 0.2) is 23.9 Å². The summed E-state index contributed by atoms with van der Waals surface area (Å²) in [6.07, 6.45) is -0.735. The predicted octanol–water partition coefficient (Wildman–Crippen LogP) is 1.48. The van der Waals surface area contributed by atoms with E-state index in [-0.39, 0.29) is 5.57 Å². The van der Waals surface area contributed by atoms with Crippen LogP contribution in [-0.2, 0) is 0 Å². The molecule has 1 heterocycles. The Morgan fingerprint density at radius 2 is 2.17 bits per heavy atom. The SMILES string of the molecule is N#CC1=CC=CNC1C(F)(F)F. The zero-order chi connectivity index (χ0) is 9.19. The minimum absolute atomic E-state index is 0.315. The maximum Gasteiger partial charge on any atom is 0.413 e. The number of hydrogen-bond acceptors (Lipinski definition) is 2. The van der Waals surface area contributed by atoms with E-state index in [1.807, 2.05) is 0 Å². The van der Waals surface area contributed by atoms with E-state index in [0.717, 1.165) is 6.08 Å². The number of nitrogens with one attached hydrogen (secondary N) is 1. The van der Waals surface area contributed by atoms with Gasteiger partial charge in [-0.1, -0.05) is 0 Å². The Labute approximate surface area is 67.0 Å². The van der Waals surface area contributed by atoms with Crippen molar-refractivity contribution in [3.63, 3.8) is 0 Å². The van der Waals surface area contributed by atoms with Crippen molar-refractivity contribution in [2.24, 2.45) is 0 Å². The molecule has 0 fully saturated rings. The largest absolute Gasteiger partial charge is 0.413 e. The van der Waals surface area contributed by atoms with Gasteiger partial charge in [0.25, 0.3) is 0 Å². The van der Waals surface area contributed by atoms with Crippen molar-refractivity contribution >= 4 is 0 Å². The fourth-order valence-electron chi connectivity index (χ4n) is 0.862. The lowest BCUT2D eigenvalue weighted by Gasteiger charge is -2.21. The van der Waals surface area contributed by atoms with Crippen molar-refractivity contribution in [3.8, 4) is 6.07 Å². The highest BCUT2D eigenvalue weighted by Gasteiger charge is 2.42. The molecular weight excluding hydrogens is 169 g/mol. The van der Waals surface area contributed by atoms with Gasteiger partial charge in [0.05, 0.1) is 11.6 Å². The average molecular weight is 174 g/mol. The summed E-state index contributed by atoms with van der Waals surface area (Å²) < 4.78 is 36.3. The van der Waals surface area contributed by atoms with Crippen LogP contribution in [-0.4, -0.2) is 12.2 Å². The molecule has 0 aromatic rings. The maximum atomic E-state index is 12.1. The van der Waals surface area contributed by atoms with Crippen molar-refractivity contribution < 1.29 is 13.2 Å². The Morgan fingerprint density at radius 1 is 1.50 bits per heavy atom. The lowest BCUT2D eigenvalue weighted by molar-refractivity contribution is -0.143. The zero-order valence-electron chi connectivity index (χ0n) is 5.89. The molecule has 0 saturated heterocycles. The van der Waals surface area contributed by atoms with E-state index in [9.17, 15) is 13.2 Å². The number of nitriles is 1. The van der Waals surface area contributed by atoms with E-state index in [0.29, 0.717) is 0 Å². The van der Waals surface area contributed by atoms with Crippen LogP contribution in [0.4, 0.5) is 13.2 Å². The number of nitrogens with zero attached hydrogens (tertiary/aromatic N) is 1. The van der Waals surface area contributed by atoms with Gasteiger partial charge in [0.2, 0.25) is 0 Å². The Kier molecular flexibility index (Phi) is 2.09. The van der Waals surface area contributed by atoms with Crippen LogP contribution in [0.1, 0.15) is 0 Å². The second-order valence-electron chi connectivity index (χ2n) is 2.23. The molecule has 0 spiro atoms. The molecular formula is C7H5F3N2. The summed E-state index contributed by atoms with van der Waals surface area (Å²) >= 11 is 0. The average Bonchev–Trinajstić information content (AvgIpc) is 2.03. The number of halogens is 3. The Morgan fingerprint density at radius 3 is 2.58 bits per heavy atom. The summed E-state index contributed by atoms with van der Waals surface area (Å²) in [4.78, 5) is 0. The van der Waals surface area contributed by atoms with Gasteiger partial charge in [0, 0.05) is 0 Å². The van der Waals surface area contributed by atoms with Crippen LogP contribution < -0.4 is 5.32 Å². The van der Waals surface area contributed by atoms with Gasteiger partial charge in [-0.2, -0.15) is 18.4 Å². The molecule has 1 atom stereocenters. The van der Waals surface area contributed by atoms with E-state index < -0.39 is 12.2 Å². The van der Waals surface area contributed by atoms with Crippen molar-refractivity contribution in [2.45, 2.75) is 12.2 Å². The third kappa shape index (κ3) is 1.59. The molecule has 0 radical (unpaired) electrons. The van der Waals surface area contributed by atoms with Crippen LogP contribution in [0.5, 0.6) is 0 Å². The van der Waals surface area contributed by atoms with Crippen molar-refractivity contribution in [2.75, 3.05) is 0 Å². The van der Waals surface area contributed by atoms with Crippen LogP contribution in [0.2, 0.25) is 0 Å². The molecule has 1 rings (SSSR count). The van der Waals surface area contributed by atoms with Gasteiger partial charge in [0.1, 0.15) is 0 Å². The number of dihydropyridines is 1. The minimum Gasteiger partial charge on any atom is -0.376 e. The van der Waals surface area contributed by atoms with E-state index >= 15 is 0 Å². The van der Waals surface area contributed by atoms with Crippen LogP contribution in [0.3, 0.4) is 0 Å². The Hall–Kier alpha value is -1.44. The van der Waals surface area contributed by atoms with Gasteiger partial charge in [-0.05, 0) is 18.4 Å². The molecule has 0 aromatic heterocycles. The summed E-state index contributed by atoms with van der Waals surface area (Å²) in [5.41, 5.74) is -0.315. The minimum atomic E-state index is -4.41. The molecule has 0 aromatic carbocycles. The highest BCUT2D eigenvalue weighted by molar-refractivity contribution is 5.35. The summed E-state index contributed by atoms with van der Waals surface area (Å²) in [5, 5.41) is 10.4. The highest BCUT2D eigenvalue weighted by atomic mass is 19.4. The second kappa shape index (κ2) is 2.89. The van der Waals surface area contributed by atoms with Gasteiger partial charge in [0.15, 0.2) is 6.04 Å². The Bertz CT molecular complexity index is 269. The first-order valence-corrected chi connectivity index (χ1v) is 3.15. The molecule has 0 bridgehead atoms. The lowest BCUT2D eigenvalue weighted by Crippen LogP contribution is -2.41. The van der Waals surface area contributed by atoms with Crippen LogP contribution in [0.25, 0.3) is 0 Å². The number of rotatable bonds is 0. The van der Waals surface area contributed by atoms with Crippen LogP contribution >= 0.6 is 0 Å². The first-order valence-electron chi connectivity index (χ1n) is 3.15. The van der Waals surface area contributed by atoms with Gasteiger partial charge in [-0.15, -0.1) is 0 Å². The molecule has 64 valence electrons. The molecule has 12 heavy (non-hydrogen) atoms. The molecule has 2 nitrogen and oxygen atoms in total. The third-order valence-electron chi connectivity index (χ3n) is 1.40. The van der Waals surface area contributed by atoms with Gasteiger partial charge >= 0.3 is 6.18 Å². The van der Waals surface area contributed by atoms with Crippen molar-refractivity contribution in [1.82, 2.24) is 5.32 Å². The third-order valence-corrected chi connectivity index (χ3v) is 1.40. The molecule has 1 aliphatic rings. The number of alkyl halides is 3. The van der Waals surface area contributed by atoms with E-state index in [1.165, 1.54) is 18.3 Å². The van der Waals surface area contributed by atoms with Gasteiger partial charge in [-0.25, -0.2) is 0 Å². The fraction of sp³-hybridized carbons (Fsp3) is 0.286. The standard InChI is InChI=1S/C7H5F3N2/c8-7(9,10)6-5(4-11)2-1-3-12-6/h1-3,6,12H. The first kappa shape index (κ1) is 8.65. The monoisotopic (exact) mass is 174 g/mol. The lowest BCUT2D eigenvalue weighted by atomic mass is 10.1. The smallest absolute Gasteiger partial charge is 0.376 e. The predicted molar refractivity (Wildman–Crippen MR) is 35.8 cm³/mol. The summed E-state index contributed by atoms with van der Waals surface area (Å²) in [7, 11) is 0. The summed E-state index contributed by atoms with van der Waals surface area (Å²) in [6, 6.07) is -0.366. The quantitative estimate of drug-likeness (QED) is 0.603. The highest BCUT2D eigenvalue weighted by Crippen LogP contribution is 2.26. The summed E-state index contributed by atoms with van der Waals surface area (Å²) in [6.45, 7) is 0. The van der Waals surface area contributed by atoms with E-state index in [1.54, 1.807) is 0 Å². The first-order chi connectivity index (χ1) is 5.55. The maximum absolute atomic E-state index is 12.1. The molecule has 0 saturated carbocycles. The normalized spacial score (nSPS) is 22.5. The molecule has 0 amide bonds. The van der Waals surface area contributed by atoms with Gasteiger partial charge < -0.3 is 5.32 Å². The number of allylic oxidation sites excluding steroid dienone is 2. The van der Waals surface area contributed by atoms with Crippen molar-refractivity contribution in [3.05, 3.63) is 23.9 Å². The summed E-state index contributed by atoms with van der Waals surface area (Å²) in [5.74, 6) is 0. The second-order valence-corrected chi connectivity index (χ2v) is 2.23. The molecule has 5 heteroatoms. The van der Waals surface area contributed by atoms with Crippen LogP contribution in [0, 0.1) is 11.3 Å².